The van der Waals surface area contributed by atoms with Crippen molar-refractivity contribution in [1.82, 2.24) is 19.7 Å². The smallest absolute Gasteiger partial charge is 0.254 e. The first-order valence-corrected chi connectivity index (χ1v) is 11.5. The molecular weight excluding hydrogens is 408 g/mol. The topological polar surface area (TPSA) is 136 Å². The minimum Gasteiger partial charge on any atom is -0.391 e. The molecule has 2 fully saturated rings. The quantitative estimate of drug-likeness (QED) is 0.629. The molecule has 2 atom stereocenters. The van der Waals surface area contributed by atoms with Crippen molar-refractivity contribution in [2.75, 3.05) is 5.32 Å². The van der Waals surface area contributed by atoms with Crippen LogP contribution in [0.15, 0.2) is 6.20 Å². The van der Waals surface area contributed by atoms with Crippen molar-refractivity contribution < 1.29 is 14.7 Å². The number of carbonyl (C=O) groups is 2. The number of carbonyl (C=O) groups excluding carboxylic acids is 2. The van der Waals surface area contributed by atoms with E-state index < -0.39 is 12.0 Å². The molecule has 1 amide bonds. The van der Waals surface area contributed by atoms with E-state index in [0.717, 1.165) is 36.2 Å². The van der Waals surface area contributed by atoms with E-state index >= 15 is 0 Å². The predicted molar refractivity (Wildman–Crippen MR) is 118 cm³/mol. The Hall–Kier alpha value is -2.81. The van der Waals surface area contributed by atoms with Gasteiger partial charge in [0, 0.05) is 12.6 Å². The molecular formula is C23H30N6O3. The summed E-state index contributed by atoms with van der Waals surface area (Å²) in [7, 11) is 0. The van der Waals surface area contributed by atoms with Crippen LogP contribution < -0.4 is 11.1 Å². The summed E-state index contributed by atoms with van der Waals surface area (Å²) in [4.78, 5) is 34.0. The summed E-state index contributed by atoms with van der Waals surface area (Å²) < 4.78 is 1.67. The number of ketones is 1. The molecule has 32 heavy (non-hydrogen) atoms. The molecule has 2 saturated carbocycles. The largest absolute Gasteiger partial charge is 0.391 e. The van der Waals surface area contributed by atoms with Crippen molar-refractivity contribution in [3.8, 4) is 5.95 Å². The van der Waals surface area contributed by atoms with Gasteiger partial charge < -0.3 is 16.2 Å². The lowest BCUT2D eigenvalue weighted by atomic mass is 9.75. The Bertz CT molecular complexity index is 1090. The van der Waals surface area contributed by atoms with E-state index in [2.05, 4.69) is 29.1 Å². The number of nitrogens with two attached hydrogens (primary N) is 1. The number of primary amides is 1. The number of aliphatic hydroxyl groups excluding tert-OH is 1. The number of aromatic nitrogens is 4. The molecule has 9 nitrogen and oxygen atoms in total. The van der Waals surface area contributed by atoms with Gasteiger partial charge in [0.1, 0.15) is 5.82 Å². The lowest BCUT2D eigenvalue weighted by Crippen LogP contribution is -2.31. The average Bonchev–Trinajstić information content (AvgIpc) is 3.33. The van der Waals surface area contributed by atoms with Gasteiger partial charge in [0.25, 0.3) is 11.9 Å². The van der Waals surface area contributed by atoms with Gasteiger partial charge in [-0.15, -0.1) is 0 Å². The van der Waals surface area contributed by atoms with Crippen LogP contribution in [0, 0.1) is 11.3 Å². The second kappa shape index (κ2) is 7.65. The van der Waals surface area contributed by atoms with Gasteiger partial charge in [0.15, 0.2) is 5.78 Å². The van der Waals surface area contributed by atoms with E-state index in [9.17, 15) is 14.7 Å². The highest BCUT2D eigenvalue weighted by atomic mass is 16.3. The molecule has 2 aromatic heterocycles. The van der Waals surface area contributed by atoms with Crippen molar-refractivity contribution in [1.29, 1.82) is 0 Å². The Balaban J connectivity index is 1.59. The lowest BCUT2D eigenvalue weighted by Gasteiger charge is -2.29. The van der Waals surface area contributed by atoms with E-state index in [1.165, 1.54) is 19.0 Å². The van der Waals surface area contributed by atoms with Crippen molar-refractivity contribution in [3.63, 3.8) is 0 Å². The Kier molecular flexibility index (Phi) is 5.03. The van der Waals surface area contributed by atoms with Crippen LogP contribution in [-0.2, 0) is 12.8 Å². The number of rotatable bonds is 6. The van der Waals surface area contributed by atoms with Gasteiger partial charge >= 0.3 is 0 Å². The Morgan fingerprint density at radius 2 is 2.06 bits per heavy atom. The Labute approximate surface area is 186 Å². The maximum absolute atomic E-state index is 13.0. The van der Waals surface area contributed by atoms with Gasteiger partial charge in [-0.1, -0.05) is 13.8 Å². The number of nitrogens with zero attached hydrogens (tertiary/aromatic N) is 4. The summed E-state index contributed by atoms with van der Waals surface area (Å²) in [6, 6.07) is -0.201. The molecule has 3 aliphatic rings. The minimum atomic E-state index is -0.639. The molecule has 0 aliphatic heterocycles. The molecule has 0 bridgehead atoms. The molecule has 5 rings (SSSR count). The number of anilines is 1. The number of hydrogen-bond acceptors (Lipinski definition) is 7. The van der Waals surface area contributed by atoms with Crippen LogP contribution in [-0.4, -0.2) is 48.7 Å². The number of hydrogen-bond donors (Lipinski definition) is 3. The highest BCUT2D eigenvalue weighted by Crippen LogP contribution is 2.40. The van der Waals surface area contributed by atoms with Crippen molar-refractivity contribution >= 4 is 17.5 Å². The van der Waals surface area contributed by atoms with Gasteiger partial charge in [-0.25, -0.2) is 9.67 Å². The molecule has 2 aromatic rings. The summed E-state index contributed by atoms with van der Waals surface area (Å²) in [6.45, 7) is 4.16. The molecule has 4 N–H and O–H groups in total. The van der Waals surface area contributed by atoms with Crippen LogP contribution in [0.2, 0.25) is 0 Å². The van der Waals surface area contributed by atoms with Gasteiger partial charge in [0.2, 0.25) is 0 Å². The number of aliphatic hydroxyl groups is 1. The van der Waals surface area contributed by atoms with E-state index in [1.807, 2.05) is 0 Å². The standard InChI is InChI=1S/C23H30N6O3/c1-23(2)9-16-19(18(31)10-23)15(8-12-6-7-12)28-29(16)22-25-11-13(20(24)32)21(27-22)26-14-4-3-5-17(14)30/h11-12,14,17,30H,3-10H2,1-2H3,(H2,24,32)(H,25,26,27). The molecule has 0 saturated heterocycles. The van der Waals surface area contributed by atoms with Crippen LogP contribution in [0.1, 0.15) is 84.5 Å². The second-order valence-electron chi connectivity index (χ2n) is 10.3. The van der Waals surface area contributed by atoms with E-state index in [4.69, 9.17) is 10.8 Å². The molecule has 0 spiro atoms. The third-order valence-corrected chi connectivity index (χ3v) is 6.83. The zero-order valence-electron chi connectivity index (χ0n) is 18.6. The summed E-state index contributed by atoms with van der Waals surface area (Å²) in [5, 5.41) is 18.2. The fourth-order valence-electron chi connectivity index (χ4n) is 4.98. The maximum atomic E-state index is 13.0. The number of fused-ring (bicyclic) bond motifs is 1. The first-order valence-electron chi connectivity index (χ1n) is 11.5. The summed E-state index contributed by atoms with van der Waals surface area (Å²) >= 11 is 0. The fraction of sp³-hybridized carbons (Fsp3) is 0.609. The molecule has 170 valence electrons. The molecule has 9 heteroatoms. The second-order valence-corrected chi connectivity index (χ2v) is 10.3. The summed E-state index contributed by atoms with van der Waals surface area (Å²) in [5.41, 5.74) is 7.93. The normalized spacial score (nSPS) is 24.4. The number of nitrogens with one attached hydrogen (secondary N) is 1. The molecule has 3 aliphatic carbocycles. The van der Waals surface area contributed by atoms with Gasteiger partial charge in [-0.05, 0) is 56.3 Å². The van der Waals surface area contributed by atoms with Crippen molar-refractivity contribution in [2.45, 2.75) is 77.4 Å². The van der Waals surface area contributed by atoms with Gasteiger partial charge in [-0.2, -0.15) is 10.1 Å². The SMILES string of the molecule is CC1(C)CC(=O)c2c(CC3CC3)nn(-c3ncc(C(N)=O)c(NC4CCCC4O)n3)c2C1. The third-order valence-electron chi connectivity index (χ3n) is 6.83. The van der Waals surface area contributed by atoms with Crippen LogP contribution in [0.3, 0.4) is 0 Å². The lowest BCUT2D eigenvalue weighted by molar-refractivity contribution is 0.0909. The van der Waals surface area contributed by atoms with E-state index in [1.54, 1.807) is 4.68 Å². The van der Waals surface area contributed by atoms with Crippen LogP contribution in [0.5, 0.6) is 0 Å². The summed E-state index contributed by atoms with van der Waals surface area (Å²) in [5.74, 6) is 0.667. The first kappa shape index (κ1) is 21.1. The highest BCUT2D eigenvalue weighted by Gasteiger charge is 2.38. The molecule has 2 heterocycles. The van der Waals surface area contributed by atoms with Crippen molar-refractivity contribution in [3.05, 3.63) is 28.7 Å². The number of amides is 1. The monoisotopic (exact) mass is 438 g/mol. The average molecular weight is 439 g/mol. The number of Topliss-reactive ketones (excluding diaryl/α,β-unsaturated/α-hetero) is 1. The van der Waals surface area contributed by atoms with Crippen LogP contribution >= 0.6 is 0 Å². The Morgan fingerprint density at radius 1 is 1.28 bits per heavy atom. The van der Waals surface area contributed by atoms with Crippen molar-refractivity contribution in [2.24, 2.45) is 17.1 Å². The van der Waals surface area contributed by atoms with Gasteiger partial charge in [-0.3, -0.25) is 9.59 Å². The van der Waals surface area contributed by atoms with E-state index in [-0.39, 0.29) is 22.8 Å². The van der Waals surface area contributed by atoms with E-state index in [0.29, 0.717) is 36.9 Å². The Morgan fingerprint density at radius 3 is 2.72 bits per heavy atom. The van der Waals surface area contributed by atoms with Crippen LogP contribution in [0.4, 0.5) is 5.82 Å². The highest BCUT2D eigenvalue weighted by molar-refractivity contribution is 6.00. The maximum Gasteiger partial charge on any atom is 0.254 e. The van der Waals surface area contributed by atoms with Gasteiger partial charge in [0.05, 0.1) is 34.7 Å². The zero-order valence-corrected chi connectivity index (χ0v) is 18.6. The molecule has 0 aromatic carbocycles. The predicted octanol–water partition coefficient (Wildman–Crippen LogP) is 2.19. The minimum absolute atomic E-state index is 0.124. The van der Waals surface area contributed by atoms with Crippen LogP contribution in [0.25, 0.3) is 5.95 Å². The summed E-state index contributed by atoms with van der Waals surface area (Å²) in [6.07, 6.45) is 7.60. The zero-order chi connectivity index (χ0) is 22.6. The fourth-order valence-corrected chi connectivity index (χ4v) is 4.98. The molecule has 0 radical (unpaired) electrons. The molecule has 2 unspecified atom stereocenters. The first-order chi connectivity index (χ1) is 15.2. The third kappa shape index (κ3) is 3.90.